The minimum absolute atomic E-state index is 0.0210. The number of para-hydroxylation sites is 1. The van der Waals surface area contributed by atoms with Crippen molar-refractivity contribution in [2.24, 2.45) is 0 Å². The first kappa shape index (κ1) is 19.4. The molecule has 0 aliphatic heterocycles. The third-order valence-corrected chi connectivity index (χ3v) is 4.35. The van der Waals surface area contributed by atoms with Crippen LogP contribution < -0.4 is 4.74 Å². The molecule has 0 spiro atoms. The summed E-state index contributed by atoms with van der Waals surface area (Å²) in [5, 5.41) is 0. The number of aryl methyl sites for hydroxylation is 1. The van der Waals surface area contributed by atoms with Gasteiger partial charge in [0.2, 0.25) is 0 Å². The van der Waals surface area contributed by atoms with Gasteiger partial charge in [-0.1, -0.05) is 42.5 Å². The van der Waals surface area contributed by atoms with E-state index in [4.69, 9.17) is 9.47 Å². The van der Waals surface area contributed by atoms with Gasteiger partial charge in [0.05, 0.1) is 13.0 Å². The van der Waals surface area contributed by atoms with Crippen LogP contribution >= 0.6 is 0 Å². The number of carbonyl (C=O) groups excluding carboxylic acids is 2. The topological polar surface area (TPSA) is 52.6 Å². The lowest BCUT2D eigenvalue weighted by Crippen LogP contribution is -2.08. The van der Waals surface area contributed by atoms with Crippen molar-refractivity contribution in [3.05, 3.63) is 95.1 Å². The van der Waals surface area contributed by atoms with Crippen molar-refractivity contribution in [3.8, 4) is 11.5 Å². The maximum absolute atomic E-state index is 12.7. The Balaban J connectivity index is 1.76. The molecule has 0 fully saturated rings. The van der Waals surface area contributed by atoms with E-state index in [0.29, 0.717) is 29.2 Å². The molecule has 142 valence electrons. The molecule has 4 heteroatoms. The summed E-state index contributed by atoms with van der Waals surface area (Å²) in [7, 11) is 0. The van der Waals surface area contributed by atoms with Crippen LogP contribution in [0.2, 0.25) is 0 Å². The fourth-order valence-electron chi connectivity index (χ4n) is 2.90. The number of esters is 1. The Labute approximate surface area is 164 Å². The van der Waals surface area contributed by atoms with Crippen molar-refractivity contribution in [1.29, 1.82) is 0 Å². The van der Waals surface area contributed by atoms with Crippen LogP contribution in [-0.4, -0.2) is 18.4 Å². The average Bonchev–Trinajstić information content (AvgIpc) is 2.70. The van der Waals surface area contributed by atoms with E-state index in [0.717, 1.165) is 11.1 Å². The highest BCUT2D eigenvalue weighted by Crippen LogP contribution is 2.26. The molecule has 0 amide bonds. The smallest absolute Gasteiger partial charge is 0.310 e. The molecule has 3 aromatic rings. The van der Waals surface area contributed by atoms with Gasteiger partial charge in [0, 0.05) is 16.7 Å². The third kappa shape index (κ3) is 4.65. The molecule has 0 N–H and O–H groups in total. The quantitative estimate of drug-likeness (QED) is 0.425. The van der Waals surface area contributed by atoms with Crippen molar-refractivity contribution in [2.75, 3.05) is 6.61 Å². The molecule has 0 aliphatic carbocycles. The summed E-state index contributed by atoms with van der Waals surface area (Å²) < 4.78 is 10.9. The Bertz CT molecular complexity index is 974. The molecule has 0 heterocycles. The lowest BCUT2D eigenvalue weighted by Gasteiger charge is -2.11. The van der Waals surface area contributed by atoms with E-state index >= 15 is 0 Å². The normalized spacial score (nSPS) is 10.4. The molecule has 4 nitrogen and oxygen atoms in total. The second-order valence-corrected chi connectivity index (χ2v) is 6.36. The van der Waals surface area contributed by atoms with E-state index in [1.54, 1.807) is 37.3 Å². The van der Waals surface area contributed by atoms with E-state index in [9.17, 15) is 9.59 Å². The number of hydrogen-bond donors (Lipinski definition) is 0. The summed E-state index contributed by atoms with van der Waals surface area (Å²) >= 11 is 0. The molecular formula is C24H22O4. The lowest BCUT2D eigenvalue weighted by molar-refractivity contribution is -0.142. The molecule has 0 aromatic heterocycles. The van der Waals surface area contributed by atoms with Crippen LogP contribution in [0, 0.1) is 6.92 Å². The van der Waals surface area contributed by atoms with Crippen molar-refractivity contribution < 1.29 is 19.1 Å². The molecule has 0 atom stereocenters. The zero-order valence-corrected chi connectivity index (χ0v) is 16.0. The first-order valence-corrected chi connectivity index (χ1v) is 9.20. The Hall–Kier alpha value is -3.40. The Morgan fingerprint density at radius 1 is 0.857 bits per heavy atom. The second kappa shape index (κ2) is 9.00. The van der Waals surface area contributed by atoms with Crippen LogP contribution in [0.15, 0.2) is 72.8 Å². The van der Waals surface area contributed by atoms with Gasteiger partial charge in [0.1, 0.15) is 11.5 Å². The molecule has 0 bridgehead atoms. The zero-order chi connectivity index (χ0) is 19.9. The van der Waals surface area contributed by atoms with Crippen LogP contribution in [0.5, 0.6) is 11.5 Å². The van der Waals surface area contributed by atoms with E-state index in [1.165, 1.54) is 0 Å². The predicted octanol–water partition coefficient (Wildman–Crippen LogP) is 5.12. The summed E-state index contributed by atoms with van der Waals surface area (Å²) in [5.74, 6) is 0.872. The highest BCUT2D eigenvalue weighted by molar-refractivity contribution is 6.09. The largest absolute Gasteiger partial charge is 0.466 e. The first-order chi connectivity index (χ1) is 13.6. The number of ketones is 1. The maximum Gasteiger partial charge on any atom is 0.310 e. The molecule has 0 saturated heterocycles. The van der Waals surface area contributed by atoms with E-state index in [1.807, 2.05) is 49.4 Å². The van der Waals surface area contributed by atoms with Crippen molar-refractivity contribution in [3.63, 3.8) is 0 Å². The Kier molecular flexibility index (Phi) is 6.22. The summed E-state index contributed by atoms with van der Waals surface area (Å²) in [5.41, 5.74) is 2.99. The summed E-state index contributed by atoms with van der Waals surface area (Å²) in [6.45, 7) is 4.05. The highest BCUT2D eigenvalue weighted by Gasteiger charge is 2.13. The van der Waals surface area contributed by atoms with Crippen LogP contribution in [0.1, 0.15) is 34.0 Å². The predicted molar refractivity (Wildman–Crippen MR) is 108 cm³/mol. The van der Waals surface area contributed by atoms with Gasteiger partial charge >= 0.3 is 5.97 Å². The SMILES string of the molecule is CCOC(=O)Cc1ccccc1Oc1ccc(C(=O)c2ccccc2C)cc1. The molecule has 0 radical (unpaired) electrons. The van der Waals surface area contributed by atoms with E-state index in [-0.39, 0.29) is 18.2 Å². The van der Waals surface area contributed by atoms with Gasteiger partial charge in [0.15, 0.2) is 5.78 Å². The number of hydrogen-bond acceptors (Lipinski definition) is 4. The lowest BCUT2D eigenvalue weighted by atomic mass is 9.99. The molecule has 0 aliphatic rings. The zero-order valence-electron chi connectivity index (χ0n) is 16.0. The monoisotopic (exact) mass is 374 g/mol. The summed E-state index contributed by atoms with van der Waals surface area (Å²) in [4.78, 5) is 24.5. The second-order valence-electron chi connectivity index (χ2n) is 6.36. The third-order valence-electron chi connectivity index (χ3n) is 4.35. The number of ether oxygens (including phenoxy) is 2. The van der Waals surface area contributed by atoms with Crippen molar-refractivity contribution in [1.82, 2.24) is 0 Å². The number of benzene rings is 3. The van der Waals surface area contributed by atoms with Crippen LogP contribution in [0.25, 0.3) is 0 Å². The highest BCUT2D eigenvalue weighted by atomic mass is 16.5. The Morgan fingerprint density at radius 3 is 2.25 bits per heavy atom. The average molecular weight is 374 g/mol. The van der Waals surface area contributed by atoms with Crippen LogP contribution in [-0.2, 0) is 16.0 Å². The standard InChI is InChI=1S/C24H22O4/c1-3-27-23(25)16-19-9-5-7-11-22(19)28-20-14-12-18(13-15-20)24(26)21-10-6-4-8-17(21)2/h4-15H,3,16H2,1-2H3. The molecule has 3 aromatic carbocycles. The van der Waals surface area contributed by atoms with Crippen molar-refractivity contribution in [2.45, 2.75) is 20.3 Å². The Morgan fingerprint density at radius 2 is 1.54 bits per heavy atom. The van der Waals surface area contributed by atoms with Crippen molar-refractivity contribution >= 4 is 11.8 Å². The van der Waals surface area contributed by atoms with Gasteiger partial charge in [-0.2, -0.15) is 0 Å². The van der Waals surface area contributed by atoms with Gasteiger partial charge < -0.3 is 9.47 Å². The fourth-order valence-corrected chi connectivity index (χ4v) is 2.90. The van der Waals surface area contributed by atoms with Crippen LogP contribution in [0.3, 0.4) is 0 Å². The molecule has 0 saturated carbocycles. The summed E-state index contributed by atoms with van der Waals surface area (Å²) in [6.07, 6.45) is 0.147. The van der Waals surface area contributed by atoms with Gasteiger partial charge in [0.25, 0.3) is 0 Å². The molecule has 3 rings (SSSR count). The minimum Gasteiger partial charge on any atom is -0.466 e. The molecular weight excluding hydrogens is 352 g/mol. The van der Waals surface area contributed by atoms with Gasteiger partial charge in [-0.3, -0.25) is 9.59 Å². The van der Waals surface area contributed by atoms with E-state index < -0.39 is 0 Å². The number of rotatable bonds is 7. The van der Waals surface area contributed by atoms with Gasteiger partial charge in [-0.05, 0) is 49.7 Å². The molecule has 28 heavy (non-hydrogen) atoms. The first-order valence-electron chi connectivity index (χ1n) is 9.20. The fraction of sp³-hybridized carbons (Fsp3) is 0.167. The van der Waals surface area contributed by atoms with Crippen LogP contribution in [0.4, 0.5) is 0 Å². The van der Waals surface area contributed by atoms with Gasteiger partial charge in [-0.15, -0.1) is 0 Å². The van der Waals surface area contributed by atoms with E-state index in [2.05, 4.69) is 0 Å². The molecule has 0 unspecified atom stereocenters. The summed E-state index contributed by atoms with van der Waals surface area (Å²) in [6, 6.07) is 21.9. The maximum atomic E-state index is 12.7. The number of carbonyl (C=O) groups is 2. The van der Waals surface area contributed by atoms with Gasteiger partial charge in [-0.25, -0.2) is 0 Å². The minimum atomic E-state index is -0.294.